The molecule has 1 aliphatic heterocycles. The first kappa shape index (κ1) is 23.4. The van der Waals surface area contributed by atoms with E-state index in [9.17, 15) is 9.59 Å². The van der Waals surface area contributed by atoms with Crippen molar-refractivity contribution >= 4 is 16.9 Å². The Morgan fingerprint density at radius 3 is 2.61 bits per heavy atom. The molecule has 1 atom stereocenters. The molecule has 0 aliphatic carbocycles. The molecule has 2 aromatic carbocycles. The van der Waals surface area contributed by atoms with Crippen LogP contribution in [0.3, 0.4) is 0 Å². The number of hydrogen-bond donors (Lipinski definition) is 0. The Labute approximate surface area is 209 Å². The van der Waals surface area contributed by atoms with Crippen molar-refractivity contribution in [1.29, 1.82) is 0 Å². The topological polar surface area (TPSA) is 78.6 Å². The Bertz CT molecular complexity index is 1470. The molecule has 1 saturated heterocycles. The summed E-state index contributed by atoms with van der Waals surface area (Å²) in [4.78, 5) is 31.7. The third kappa shape index (κ3) is 4.49. The summed E-state index contributed by atoms with van der Waals surface area (Å²) in [6, 6.07) is 16.6. The first-order valence-corrected chi connectivity index (χ1v) is 12.0. The second-order valence-corrected chi connectivity index (χ2v) is 9.02. The molecule has 4 aromatic rings. The first-order chi connectivity index (χ1) is 17.4. The molecule has 0 bridgehead atoms. The third-order valence-electron chi connectivity index (χ3n) is 6.20. The number of benzene rings is 2. The van der Waals surface area contributed by atoms with Crippen LogP contribution in [0, 0.1) is 0 Å². The van der Waals surface area contributed by atoms with E-state index in [0.29, 0.717) is 42.2 Å². The fraction of sp³-hybridized carbons (Fsp3) is 0.250. The number of fused-ring (bicyclic) bond motifs is 1. The van der Waals surface area contributed by atoms with Crippen molar-refractivity contribution in [3.05, 3.63) is 90.1 Å². The molecule has 8 nitrogen and oxygen atoms in total. The Balaban J connectivity index is 1.44. The standard InChI is InChI=1S/C28H28N4O4/c1-4-27(33)30-15-13-21(18-30)32-25-12-14-29-17-26(25)31(28(32)34)20-8-10-22(11-9-20)36-24-7-5-6-23(16-24)35-19(2)3/h4-12,14,16-17,19,21H,1,13,15,18H2,2-3H3. The molecule has 2 aromatic heterocycles. The number of carbonyl (C=O) groups is 1. The van der Waals surface area contributed by atoms with Gasteiger partial charge in [-0.2, -0.15) is 0 Å². The molecular formula is C28H28N4O4. The van der Waals surface area contributed by atoms with Crippen LogP contribution in [0.2, 0.25) is 0 Å². The summed E-state index contributed by atoms with van der Waals surface area (Å²) in [5.41, 5.74) is 2.04. The number of hydrogen-bond acceptors (Lipinski definition) is 5. The van der Waals surface area contributed by atoms with Gasteiger partial charge < -0.3 is 14.4 Å². The zero-order chi connectivity index (χ0) is 25.2. The van der Waals surface area contributed by atoms with Gasteiger partial charge in [0.1, 0.15) is 17.2 Å². The van der Waals surface area contributed by atoms with Gasteiger partial charge in [0.2, 0.25) is 5.91 Å². The predicted octanol–water partition coefficient (Wildman–Crippen LogP) is 4.73. The van der Waals surface area contributed by atoms with E-state index in [2.05, 4.69) is 11.6 Å². The first-order valence-electron chi connectivity index (χ1n) is 12.0. The van der Waals surface area contributed by atoms with E-state index in [4.69, 9.17) is 9.47 Å². The average Bonchev–Trinajstić information content (AvgIpc) is 3.46. The Kier molecular flexibility index (Phi) is 6.33. The van der Waals surface area contributed by atoms with Crippen LogP contribution in [0.1, 0.15) is 26.3 Å². The summed E-state index contributed by atoms with van der Waals surface area (Å²) in [7, 11) is 0. The Hall–Kier alpha value is -4.33. The summed E-state index contributed by atoms with van der Waals surface area (Å²) in [6.07, 6.45) is 5.46. The number of nitrogens with zero attached hydrogens (tertiary/aromatic N) is 4. The van der Waals surface area contributed by atoms with Crippen LogP contribution >= 0.6 is 0 Å². The molecular weight excluding hydrogens is 456 g/mol. The Morgan fingerprint density at radius 2 is 1.86 bits per heavy atom. The highest BCUT2D eigenvalue weighted by Crippen LogP contribution is 2.29. The Morgan fingerprint density at radius 1 is 1.08 bits per heavy atom. The molecule has 1 amide bonds. The van der Waals surface area contributed by atoms with Gasteiger partial charge in [-0.15, -0.1) is 0 Å². The monoisotopic (exact) mass is 484 g/mol. The average molecular weight is 485 g/mol. The number of rotatable bonds is 7. The van der Waals surface area contributed by atoms with Crippen molar-refractivity contribution in [2.75, 3.05) is 13.1 Å². The lowest BCUT2D eigenvalue weighted by atomic mass is 10.2. The largest absolute Gasteiger partial charge is 0.491 e. The highest BCUT2D eigenvalue weighted by Gasteiger charge is 2.29. The number of ether oxygens (including phenoxy) is 2. The van der Waals surface area contributed by atoms with Crippen molar-refractivity contribution in [3.8, 4) is 22.9 Å². The second-order valence-electron chi connectivity index (χ2n) is 9.02. The number of pyridine rings is 1. The van der Waals surface area contributed by atoms with Gasteiger partial charge in [0.15, 0.2) is 0 Å². The predicted molar refractivity (Wildman–Crippen MR) is 138 cm³/mol. The number of amides is 1. The van der Waals surface area contributed by atoms with Crippen molar-refractivity contribution in [3.63, 3.8) is 0 Å². The molecule has 5 rings (SSSR count). The lowest BCUT2D eigenvalue weighted by Crippen LogP contribution is -2.31. The summed E-state index contributed by atoms with van der Waals surface area (Å²) >= 11 is 0. The van der Waals surface area contributed by atoms with Crippen molar-refractivity contribution in [2.45, 2.75) is 32.4 Å². The molecule has 3 heterocycles. The van der Waals surface area contributed by atoms with Gasteiger partial charge in [-0.05, 0) is 68.8 Å². The van der Waals surface area contributed by atoms with Crippen LogP contribution in [0.15, 0.2) is 84.4 Å². The molecule has 1 unspecified atom stereocenters. The van der Waals surface area contributed by atoms with Crippen molar-refractivity contribution in [2.24, 2.45) is 0 Å². The molecule has 8 heteroatoms. The van der Waals surface area contributed by atoms with Crippen molar-refractivity contribution < 1.29 is 14.3 Å². The zero-order valence-corrected chi connectivity index (χ0v) is 20.3. The summed E-state index contributed by atoms with van der Waals surface area (Å²) in [5.74, 6) is 1.93. The number of likely N-dealkylation sites (tertiary alicyclic amines) is 1. The van der Waals surface area contributed by atoms with E-state index in [1.54, 1.807) is 26.4 Å². The van der Waals surface area contributed by atoms with Crippen LogP contribution < -0.4 is 15.2 Å². The minimum Gasteiger partial charge on any atom is -0.491 e. The second kappa shape index (κ2) is 9.73. The molecule has 0 spiro atoms. The SMILES string of the molecule is C=CC(=O)N1CCC(n2c(=O)n(-c3ccc(Oc4cccc(OC(C)C)c4)cc3)c3cnccc32)C1. The molecule has 0 saturated carbocycles. The summed E-state index contributed by atoms with van der Waals surface area (Å²) < 4.78 is 15.2. The normalized spacial score (nSPS) is 15.4. The van der Waals surface area contributed by atoms with Gasteiger partial charge in [0.25, 0.3) is 0 Å². The van der Waals surface area contributed by atoms with Gasteiger partial charge in [0.05, 0.1) is 35.1 Å². The molecule has 1 fully saturated rings. The van der Waals surface area contributed by atoms with Crippen LogP contribution in [0.4, 0.5) is 0 Å². The van der Waals surface area contributed by atoms with E-state index in [1.165, 1.54) is 6.08 Å². The van der Waals surface area contributed by atoms with Gasteiger partial charge in [-0.3, -0.25) is 18.9 Å². The zero-order valence-electron chi connectivity index (χ0n) is 20.3. The molecule has 0 N–H and O–H groups in total. The smallest absolute Gasteiger partial charge is 0.334 e. The number of carbonyl (C=O) groups excluding carboxylic acids is 1. The van der Waals surface area contributed by atoms with Gasteiger partial charge in [-0.25, -0.2) is 4.79 Å². The minimum atomic E-state index is -0.164. The van der Waals surface area contributed by atoms with Gasteiger partial charge in [-0.1, -0.05) is 12.6 Å². The van der Waals surface area contributed by atoms with E-state index >= 15 is 0 Å². The van der Waals surface area contributed by atoms with Crippen LogP contribution in [-0.4, -0.2) is 44.1 Å². The van der Waals surface area contributed by atoms with Gasteiger partial charge >= 0.3 is 5.69 Å². The number of aromatic nitrogens is 3. The fourth-order valence-electron chi connectivity index (χ4n) is 4.64. The van der Waals surface area contributed by atoms with Crippen molar-refractivity contribution in [1.82, 2.24) is 19.0 Å². The number of imidazole rings is 1. The van der Waals surface area contributed by atoms with Crippen LogP contribution in [-0.2, 0) is 4.79 Å². The lowest BCUT2D eigenvalue weighted by Gasteiger charge is -2.15. The van der Waals surface area contributed by atoms with Gasteiger partial charge in [0, 0.05) is 25.4 Å². The fourth-order valence-corrected chi connectivity index (χ4v) is 4.64. The lowest BCUT2D eigenvalue weighted by molar-refractivity contribution is -0.125. The van der Waals surface area contributed by atoms with E-state index in [0.717, 1.165) is 11.3 Å². The molecule has 0 radical (unpaired) electrons. The van der Waals surface area contributed by atoms with E-state index < -0.39 is 0 Å². The van der Waals surface area contributed by atoms with Crippen LogP contribution in [0.5, 0.6) is 17.2 Å². The minimum absolute atomic E-state index is 0.0734. The molecule has 184 valence electrons. The summed E-state index contributed by atoms with van der Waals surface area (Å²) in [6.45, 7) is 8.59. The molecule has 36 heavy (non-hydrogen) atoms. The van der Waals surface area contributed by atoms with E-state index in [-0.39, 0.29) is 23.7 Å². The maximum atomic E-state index is 13.7. The quantitative estimate of drug-likeness (QED) is 0.355. The van der Waals surface area contributed by atoms with Crippen LogP contribution in [0.25, 0.3) is 16.7 Å². The van der Waals surface area contributed by atoms with E-state index in [1.807, 2.05) is 68.4 Å². The molecule has 1 aliphatic rings. The highest BCUT2D eigenvalue weighted by atomic mass is 16.5. The third-order valence-corrected chi connectivity index (χ3v) is 6.20. The summed E-state index contributed by atoms with van der Waals surface area (Å²) in [5, 5.41) is 0. The highest BCUT2D eigenvalue weighted by molar-refractivity contribution is 5.87. The maximum absolute atomic E-state index is 13.7. The maximum Gasteiger partial charge on any atom is 0.334 e.